The van der Waals surface area contributed by atoms with Crippen LogP contribution < -0.4 is 10.9 Å². The summed E-state index contributed by atoms with van der Waals surface area (Å²) in [5.74, 6) is -0.769. The Morgan fingerprint density at radius 2 is 1.69 bits per heavy atom. The van der Waals surface area contributed by atoms with Crippen LogP contribution in [0.3, 0.4) is 0 Å². The Bertz CT molecular complexity index is 1570. The van der Waals surface area contributed by atoms with Crippen molar-refractivity contribution < 1.29 is 28.2 Å². The first-order valence-electron chi connectivity index (χ1n) is 15.8. The Hall–Kier alpha value is -3.99. The Balaban J connectivity index is 1.33. The van der Waals surface area contributed by atoms with Crippen LogP contribution in [0.1, 0.15) is 81.3 Å². The zero-order valence-corrected chi connectivity index (χ0v) is 26.6. The van der Waals surface area contributed by atoms with Crippen molar-refractivity contribution in [2.45, 2.75) is 77.5 Å². The third kappa shape index (κ3) is 8.39. The number of halogens is 1. The maximum Gasteiger partial charge on any atom is 0.407 e. The molecule has 0 unspecified atom stereocenters. The maximum absolute atomic E-state index is 13.5. The quantitative estimate of drug-likeness (QED) is 0.337. The van der Waals surface area contributed by atoms with Crippen molar-refractivity contribution in [3.05, 3.63) is 65.0 Å². The predicted molar refractivity (Wildman–Crippen MR) is 168 cm³/mol. The van der Waals surface area contributed by atoms with Gasteiger partial charge in [0.05, 0.1) is 24.1 Å². The third-order valence-corrected chi connectivity index (χ3v) is 8.74. The molecule has 2 aromatic carbocycles. The maximum atomic E-state index is 13.5. The van der Waals surface area contributed by atoms with Crippen molar-refractivity contribution in [2.75, 3.05) is 26.7 Å². The minimum atomic E-state index is -0.512. The number of carbonyl (C=O) groups is 3. The van der Waals surface area contributed by atoms with Gasteiger partial charge in [0, 0.05) is 24.7 Å². The van der Waals surface area contributed by atoms with Crippen LogP contribution in [-0.2, 0) is 20.8 Å². The second-order valence-corrected chi connectivity index (χ2v) is 13.2. The number of piperidine rings is 1. The number of benzene rings is 2. The fraction of sp³-hybridized carbons (Fsp3) is 0.529. The zero-order valence-electron chi connectivity index (χ0n) is 26.6. The molecule has 1 saturated heterocycles. The van der Waals surface area contributed by atoms with E-state index in [1.165, 1.54) is 31.4 Å². The molecule has 3 aromatic rings. The van der Waals surface area contributed by atoms with Crippen LogP contribution in [0.25, 0.3) is 11.0 Å². The van der Waals surface area contributed by atoms with Crippen molar-refractivity contribution in [1.29, 1.82) is 0 Å². The zero-order chi connectivity index (χ0) is 32.1. The molecular weight excluding hydrogens is 577 g/mol. The molecule has 2 amide bonds. The molecule has 1 saturated carbocycles. The van der Waals surface area contributed by atoms with Gasteiger partial charge in [-0.1, -0.05) is 6.07 Å². The number of carbonyl (C=O) groups excluding carboxylic acids is 3. The second kappa shape index (κ2) is 14.0. The average molecular weight is 622 g/mol. The van der Waals surface area contributed by atoms with E-state index in [0.29, 0.717) is 36.5 Å². The summed E-state index contributed by atoms with van der Waals surface area (Å²) in [4.78, 5) is 47.6. The van der Waals surface area contributed by atoms with E-state index in [9.17, 15) is 18.8 Å². The van der Waals surface area contributed by atoms with Crippen molar-refractivity contribution in [1.82, 2.24) is 19.8 Å². The third-order valence-electron chi connectivity index (χ3n) is 8.74. The largest absolute Gasteiger partial charge is 0.469 e. The smallest absolute Gasteiger partial charge is 0.407 e. The summed E-state index contributed by atoms with van der Waals surface area (Å²) in [6.07, 6.45) is 4.49. The van der Waals surface area contributed by atoms with Crippen LogP contribution >= 0.6 is 0 Å². The van der Waals surface area contributed by atoms with Gasteiger partial charge in [-0.3, -0.25) is 14.5 Å². The van der Waals surface area contributed by atoms with E-state index in [1.807, 2.05) is 26.8 Å². The van der Waals surface area contributed by atoms with Crippen LogP contribution in [0, 0.1) is 17.7 Å². The number of fused-ring (bicyclic) bond motifs is 1. The number of likely N-dealkylation sites (tertiary alicyclic amines) is 1. The van der Waals surface area contributed by atoms with Gasteiger partial charge in [0.25, 0.3) is 5.91 Å². The Morgan fingerprint density at radius 3 is 2.33 bits per heavy atom. The number of amides is 2. The number of nitrogens with one attached hydrogen (secondary N) is 2. The molecule has 0 atom stereocenters. The van der Waals surface area contributed by atoms with E-state index >= 15 is 0 Å². The van der Waals surface area contributed by atoms with Crippen LogP contribution in [0.4, 0.5) is 9.18 Å². The number of rotatable bonds is 7. The lowest BCUT2D eigenvalue weighted by atomic mass is 9.86. The minimum absolute atomic E-state index is 0.0443. The molecule has 0 radical (unpaired) electrons. The lowest BCUT2D eigenvalue weighted by Crippen LogP contribution is -2.40. The molecular formula is C34H44FN5O5. The number of nitrogens with zero attached hydrogens (tertiary/aromatic N) is 3. The van der Waals surface area contributed by atoms with Crippen molar-refractivity contribution in [3.63, 3.8) is 0 Å². The van der Waals surface area contributed by atoms with E-state index in [2.05, 4.69) is 36.9 Å². The molecule has 11 heteroatoms. The summed E-state index contributed by atoms with van der Waals surface area (Å²) in [6.45, 7) is 8.82. The van der Waals surface area contributed by atoms with E-state index in [4.69, 9.17) is 9.47 Å². The molecule has 2 heterocycles. The number of hydrogen-bond acceptors (Lipinski definition) is 6. The molecule has 2 aliphatic rings. The first-order valence-corrected chi connectivity index (χ1v) is 15.8. The topological polar surface area (TPSA) is 118 Å². The van der Waals surface area contributed by atoms with Gasteiger partial charge < -0.3 is 24.3 Å². The van der Waals surface area contributed by atoms with E-state index in [0.717, 1.165) is 61.9 Å². The number of ether oxygens (including phenoxy) is 2. The molecule has 0 spiro atoms. The summed E-state index contributed by atoms with van der Waals surface area (Å²) in [5, 5.41) is 2.91. The fourth-order valence-electron chi connectivity index (χ4n) is 6.37. The normalized spacial score (nSPS) is 20.2. The number of methoxy groups -OCH3 is 1. The lowest BCUT2D eigenvalue weighted by Gasteiger charge is -2.32. The predicted octanol–water partition coefficient (Wildman–Crippen LogP) is 5.49. The standard InChI is InChI=1S/C34H44FN5O5/c1-34(2,3)45-33(43)36-20-22-15-17-39(18-16-22)21-23-5-14-28-29(19-23)40(27-12-8-25(9-13-27)31(42)44-4)32(37-28)38-30(41)24-6-10-26(35)11-7-24/h5-7,10-11,14,19,22,25,27H,8-9,12-13,15-18,20-21H2,1-4H3,(H,36,43)(H,37,38,41)/t25-,27+. The first-order chi connectivity index (χ1) is 21.5. The molecule has 242 valence electrons. The van der Waals surface area contributed by atoms with Gasteiger partial charge in [0.15, 0.2) is 0 Å². The Morgan fingerprint density at radius 1 is 1.00 bits per heavy atom. The lowest BCUT2D eigenvalue weighted by molar-refractivity contribution is -0.146. The molecule has 1 aliphatic heterocycles. The highest BCUT2D eigenvalue weighted by Gasteiger charge is 2.29. The van der Waals surface area contributed by atoms with Crippen LogP contribution in [0.15, 0.2) is 47.5 Å². The van der Waals surface area contributed by atoms with Gasteiger partial charge in [0.2, 0.25) is 5.62 Å². The first kappa shape index (κ1) is 32.4. The minimum Gasteiger partial charge on any atom is -0.469 e. The van der Waals surface area contributed by atoms with Crippen LogP contribution in [0.5, 0.6) is 0 Å². The number of aromatic nitrogens is 2. The molecule has 1 aromatic heterocycles. The highest BCUT2D eigenvalue weighted by molar-refractivity contribution is 5.95. The van der Waals surface area contributed by atoms with Crippen molar-refractivity contribution in [2.24, 2.45) is 16.8 Å². The summed E-state index contributed by atoms with van der Waals surface area (Å²) < 4.78 is 25.9. The number of imidazole rings is 1. The average Bonchev–Trinajstić information content (AvgIpc) is 3.36. The Kier molecular flexibility index (Phi) is 10.1. The van der Waals surface area contributed by atoms with Crippen molar-refractivity contribution >= 4 is 29.0 Å². The van der Waals surface area contributed by atoms with Gasteiger partial charge >= 0.3 is 12.1 Å². The second-order valence-electron chi connectivity index (χ2n) is 13.2. The SMILES string of the molecule is COC(=O)[C@H]1CC[C@@H](n2/c(=N/C(=O)c3ccc(F)cc3)[nH]c3ccc(CN4CCC(CNC(=O)OC(C)(C)C)CC4)cc32)CC1. The molecule has 0 bridgehead atoms. The summed E-state index contributed by atoms with van der Waals surface area (Å²) in [6, 6.07) is 11.7. The summed E-state index contributed by atoms with van der Waals surface area (Å²) >= 11 is 0. The highest BCUT2D eigenvalue weighted by atomic mass is 19.1. The van der Waals surface area contributed by atoms with Gasteiger partial charge in [0.1, 0.15) is 11.4 Å². The fourth-order valence-corrected chi connectivity index (χ4v) is 6.37. The van der Waals surface area contributed by atoms with Crippen molar-refractivity contribution in [3.8, 4) is 0 Å². The molecule has 2 N–H and O–H groups in total. The number of H-pyrrole nitrogens is 1. The van der Waals surface area contributed by atoms with Gasteiger partial charge in [-0.15, -0.1) is 0 Å². The van der Waals surface area contributed by atoms with E-state index < -0.39 is 17.3 Å². The molecule has 10 nitrogen and oxygen atoms in total. The molecule has 45 heavy (non-hydrogen) atoms. The van der Waals surface area contributed by atoms with Gasteiger partial charge in [-0.2, -0.15) is 4.99 Å². The van der Waals surface area contributed by atoms with Crippen LogP contribution in [0.2, 0.25) is 0 Å². The molecule has 2 fully saturated rings. The van der Waals surface area contributed by atoms with E-state index in [-0.39, 0.29) is 24.0 Å². The number of esters is 1. The molecule has 1 aliphatic carbocycles. The molecule has 5 rings (SSSR count). The monoisotopic (exact) mass is 621 g/mol. The van der Waals surface area contributed by atoms with Gasteiger partial charge in [-0.25, -0.2) is 9.18 Å². The van der Waals surface area contributed by atoms with Gasteiger partial charge in [-0.05, 0) is 120 Å². The van der Waals surface area contributed by atoms with Crippen LogP contribution in [-0.4, -0.2) is 64.8 Å². The number of aromatic amines is 1. The number of hydrogen-bond donors (Lipinski definition) is 2. The number of alkyl carbamates (subject to hydrolysis) is 1. The highest BCUT2D eigenvalue weighted by Crippen LogP contribution is 2.34. The summed E-state index contributed by atoms with van der Waals surface area (Å²) in [5.41, 5.74) is 3.21. The van der Waals surface area contributed by atoms with E-state index in [1.54, 1.807) is 0 Å². The Labute approximate surface area is 263 Å². The summed E-state index contributed by atoms with van der Waals surface area (Å²) in [7, 11) is 1.42.